The average Bonchev–Trinajstić information content (AvgIpc) is 2.31. The van der Waals surface area contributed by atoms with E-state index in [0.717, 1.165) is 17.2 Å². The van der Waals surface area contributed by atoms with Gasteiger partial charge in [0.25, 0.3) is 0 Å². The van der Waals surface area contributed by atoms with Crippen LogP contribution in [-0.2, 0) is 6.42 Å². The highest BCUT2D eigenvalue weighted by molar-refractivity contribution is 8.06. The van der Waals surface area contributed by atoms with Gasteiger partial charge in [-0.3, -0.25) is 4.98 Å². The van der Waals surface area contributed by atoms with Crippen LogP contribution in [0.1, 0.15) is 5.69 Å². The maximum Gasteiger partial charge on any atom is 0.0722 e. The lowest BCUT2D eigenvalue weighted by Crippen LogP contribution is -2.30. The van der Waals surface area contributed by atoms with Gasteiger partial charge in [-0.25, -0.2) is 0 Å². The summed E-state index contributed by atoms with van der Waals surface area (Å²) in [6, 6.07) is 5.85. The molecule has 1 aliphatic heterocycles. The first-order valence-electron chi connectivity index (χ1n) is 5.13. The van der Waals surface area contributed by atoms with Crippen molar-refractivity contribution in [2.24, 2.45) is 0 Å². The predicted molar refractivity (Wildman–Crippen MR) is 67.5 cm³/mol. The largest absolute Gasteiger partial charge is 0.392 e. The number of aromatic nitrogens is 1. The summed E-state index contributed by atoms with van der Waals surface area (Å²) < 4.78 is 0. The molecule has 0 bridgehead atoms. The molecule has 1 aromatic heterocycles. The van der Waals surface area contributed by atoms with Crippen molar-refractivity contribution >= 4 is 23.5 Å². The molecule has 2 unspecified atom stereocenters. The summed E-state index contributed by atoms with van der Waals surface area (Å²) in [6.07, 6.45) is 2.21. The monoisotopic (exact) mass is 241 g/mol. The molecule has 1 aliphatic rings. The second-order valence-corrected chi connectivity index (χ2v) is 6.07. The van der Waals surface area contributed by atoms with E-state index in [0.29, 0.717) is 11.7 Å². The molecule has 0 radical (unpaired) electrons. The topological polar surface area (TPSA) is 33.1 Å². The zero-order valence-corrected chi connectivity index (χ0v) is 10.1. The van der Waals surface area contributed by atoms with E-state index in [1.165, 1.54) is 5.75 Å². The molecule has 4 heteroatoms. The Morgan fingerprint density at radius 1 is 1.47 bits per heavy atom. The minimum Gasteiger partial charge on any atom is -0.392 e. The van der Waals surface area contributed by atoms with E-state index in [1.54, 1.807) is 6.20 Å². The van der Waals surface area contributed by atoms with Crippen molar-refractivity contribution in [2.75, 3.05) is 17.3 Å². The number of rotatable bonds is 3. The molecule has 0 aromatic carbocycles. The van der Waals surface area contributed by atoms with Crippen LogP contribution in [0.5, 0.6) is 0 Å². The first-order chi connectivity index (χ1) is 7.36. The van der Waals surface area contributed by atoms with Gasteiger partial charge in [0.15, 0.2) is 0 Å². The lowest BCUT2D eigenvalue weighted by atomic mass is 10.1. The van der Waals surface area contributed by atoms with Crippen LogP contribution in [0, 0.1) is 0 Å². The number of nitrogens with zero attached hydrogens (tertiary/aromatic N) is 1. The second-order valence-electron chi connectivity index (χ2n) is 3.58. The predicted octanol–water partition coefficient (Wildman–Crippen LogP) is 1.83. The molecule has 2 heterocycles. The molecule has 1 aromatic rings. The van der Waals surface area contributed by atoms with Gasteiger partial charge in [0.05, 0.1) is 6.10 Å². The van der Waals surface area contributed by atoms with Gasteiger partial charge in [-0.1, -0.05) is 6.07 Å². The normalized spacial score (nSPS) is 23.7. The Labute approximate surface area is 98.9 Å². The van der Waals surface area contributed by atoms with E-state index in [9.17, 15) is 5.11 Å². The number of thioether (sulfide) groups is 2. The van der Waals surface area contributed by atoms with Crippen LogP contribution in [0.3, 0.4) is 0 Å². The average molecular weight is 241 g/mol. The summed E-state index contributed by atoms with van der Waals surface area (Å²) in [4.78, 5) is 4.24. The Morgan fingerprint density at radius 2 is 2.40 bits per heavy atom. The van der Waals surface area contributed by atoms with Gasteiger partial charge < -0.3 is 5.11 Å². The van der Waals surface area contributed by atoms with E-state index in [1.807, 2.05) is 41.7 Å². The van der Waals surface area contributed by atoms with Crippen LogP contribution >= 0.6 is 23.5 Å². The Hall–Kier alpha value is -0.190. The van der Waals surface area contributed by atoms with Crippen LogP contribution in [0.4, 0.5) is 0 Å². The third-order valence-electron chi connectivity index (χ3n) is 2.42. The van der Waals surface area contributed by atoms with E-state index < -0.39 is 0 Å². The molecule has 0 spiro atoms. The Kier molecular flexibility index (Phi) is 4.35. The zero-order valence-electron chi connectivity index (χ0n) is 8.50. The maximum atomic E-state index is 10.1. The Bertz CT molecular complexity index is 288. The van der Waals surface area contributed by atoms with Crippen LogP contribution in [-0.4, -0.2) is 38.7 Å². The molecule has 0 saturated carbocycles. The SMILES string of the molecule is OC(Cc1ccccn1)C1CSCCS1. The molecular weight excluding hydrogens is 226 g/mol. The molecule has 2 rings (SSSR count). The fourth-order valence-electron chi connectivity index (χ4n) is 1.59. The molecule has 1 saturated heterocycles. The maximum absolute atomic E-state index is 10.1. The van der Waals surface area contributed by atoms with Gasteiger partial charge in [-0.15, -0.1) is 0 Å². The second kappa shape index (κ2) is 5.77. The van der Waals surface area contributed by atoms with Gasteiger partial charge >= 0.3 is 0 Å². The van der Waals surface area contributed by atoms with Crippen molar-refractivity contribution in [2.45, 2.75) is 17.8 Å². The summed E-state index contributed by atoms with van der Waals surface area (Å²) >= 11 is 3.83. The highest BCUT2D eigenvalue weighted by Crippen LogP contribution is 2.27. The highest BCUT2D eigenvalue weighted by Gasteiger charge is 2.22. The van der Waals surface area contributed by atoms with Gasteiger partial charge in [0.1, 0.15) is 0 Å². The summed E-state index contributed by atoms with van der Waals surface area (Å²) in [5.74, 6) is 3.45. The van der Waals surface area contributed by atoms with Crippen LogP contribution in [0.15, 0.2) is 24.4 Å². The summed E-state index contributed by atoms with van der Waals surface area (Å²) in [7, 11) is 0. The van der Waals surface area contributed by atoms with E-state index in [-0.39, 0.29) is 6.10 Å². The minimum absolute atomic E-state index is 0.252. The molecular formula is C11H15NOS2. The molecule has 15 heavy (non-hydrogen) atoms. The molecule has 0 aliphatic carbocycles. The first-order valence-corrected chi connectivity index (χ1v) is 7.34. The van der Waals surface area contributed by atoms with Crippen molar-refractivity contribution in [3.63, 3.8) is 0 Å². The Balaban J connectivity index is 1.88. The fraction of sp³-hybridized carbons (Fsp3) is 0.545. The lowest BCUT2D eigenvalue weighted by molar-refractivity contribution is 0.176. The molecule has 1 N–H and O–H groups in total. The van der Waals surface area contributed by atoms with E-state index in [4.69, 9.17) is 0 Å². The summed E-state index contributed by atoms with van der Waals surface area (Å²) in [5.41, 5.74) is 0.987. The minimum atomic E-state index is -0.252. The quantitative estimate of drug-likeness (QED) is 0.875. The van der Waals surface area contributed by atoms with Crippen LogP contribution in [0.2, 0.25) is 0 Å². The van der Waals surface area contributed by atoms with Gasteiger partial charge in [0, 0.05) is 40.8 Å². The number of hydrogen-bond donors (Lipinski definition) is 1. The van der Waals surface area contributed by atoms with E-state index >= 15 is 0 Å². The summed E-state index contributed by atoms with van der Waals surface area (Å²) in [5, 5.41) is 10.4. The van der Waals surface area contributed by atoms with Crippen molar-refractivity contribution in [1.82, 2.24) is 4.98 Å². The first kappa shape index (κ1) is 11.3. The summed E-state index contributed by atoms with van der Waals surface area (Å²) in [6.45, 7) is 0. The molecule has 2 atom stereocenters. The van der Waals surface area contributed by atoms with Gasteiger partial charge in [-0.05, 0) is 12.1 Å². The standard InChI is InChI=1S/C11H15NOS2/c13-10(11-8-14-5-6-15-11)7-9-3-1-2-4-12-9/h1-4,10-11,13H,5-8H2. The number of hydrogen-bond acceptors (Lipinski definition) is 4. The molecule has 82 valence electrons. The van der Waals surface area contributed by atoms with Crippen LogP contribution < -0.4 is 0 Å². The smallest absolute Gasteiger partial charge is 0.0722 e. The molecule has 1 fully saturated rings. The third-order valence-corrected chi connectivity index (χ3v) is 5.32. The lowest BCUT2D eigenvalue weighted by Gasteiger charge is -2.25. The van der Waals surface area contributed by atoms with Crippen molar-refractivity contribution in [1.29, 1.82) is 0 Å². The van der Waals surface area contributed by atoms with Gasteiger partial charge in [0.2, 0.25) is 0 Å². The number of aliphatic hydroxyl groups is 1. The fourth-order valence-corrected chi connectivity index (χ4v) is 4.36. The highest BCUT2D eigenvalue weighted by atomic mass is 32.2. The Morgan fingerprint density at radius 3 is 3.07 bits per heavy atom. The number of pyridine rings is 1. The zero-order chi connectivity index (χ0) is 10.5. The van der Waals surface area contributed by atoms with Crippen LogP contribution in [0.25, 0.3) is 0 Å². The van der Waals surface area contributed by atoms with Crippen molar-refractivity contribution in [3.05, 3.63) is 30.1 Å². The number of aliphatic hydroxyl groups excluding tert-OH is 1. The third kappa shape index (κ3) is 3.40. The molecule has 0 amide bonds. The van der Waals surface area contributed by atoms with Gasteiger partial charge in [-0.2, -0.15) is 23.5 Å². The molecule has 2 nitrogen and oxygen atoms in total. The van der Waals surface area contributed by atoms with E-state index in [2.05, 4.69) is 4.98 Å². The van der Waals surface area contributed by atoms with Crippen molar-refractivity contribution in [3.8, 4) is 0 Å². The van der Waals surface area contributed by atoms with Crippen molar-refractivity contribution < 1.29 is 5.11 Å².